The van der Waals surface area contributed by atoms with Gasteiger partial charge in [-0.05, 0) is 38.0 Å². The summed E-state index contributed by atoms with van der Waals surface area (Å²) in [6.45, 7) is 3.60. The molecule has 0 aliphatic heterocycles. The molecule has 38 heavy (non-hydrogen) atoms. The van der Waals surface area contributed by atoms with E-state index in [9.17, 15) is 32.3 Å². The van der Waals surface area contributed by atoms with Gasteiger partial charge in [0.1, 0.15) is 11.7 Å². The van der Waals surface area contributed by atoms with Gasteiger partial charge in [-0.3, -0.25) is 14.4 Å². The third kappa shape index (κ3) is 9.09. The SMILES string of the molecule is CCC[C@H](NC(=O)c1ccc(-c2ccccc2C(F)(F)F)[nH]1)C(=O)N[C@H](C=CC(=O)OCC)CCC(N)=O. The molecule has 2 aromatic rings. The summed E-state index contributed by atoms with van der Waals surface area (Å²) < 4.78 is 45.0. The van der Waals surface area contributed by atoms with Gasteiger partial charge in [-0.1, -0.05) is 37.6 Å². The molecule has 5 N–H and O–H groups in total. The number of benzene rings is 1. The number of amides is 3. The molecular weight excluding hydrogens is 505 g/mol. The molecule has 0 aliphatic rings. The number of ether oxygens (including phenoxy) is 1. The summed E-state index contributed by atoms with van der Waals surface area (Å²) in [4.78, 5) is 51.4. The first-order valence-electron chi connectivity index (χ1n) is 12.1. The zero-order chi connectivity index (χ0) is 28.3. The maximum Gasteiger partial charge on any atom is 0.417 e. The Kier molecular flexibility index (Phi) is 11.1. The highest BCUT2D eigenvalue weighted by Crippen LogP contribution is 2.36. The van der Waals surface area contributed by atoms with Crippen molar-refractivity contribution in [2.24, 2.45) is 5.73 Å². The average Bonchev–Trinajstić information content (AvgIpc) is 3.35. The van der Waals surface area contributed by atoms with E-state index in [-0.39, 0.29) is 42.8 Å². The van der Waals surface area contributed by atoms with E-state index in [4.69, 9.17) is 10.5 Å². The lowest BCUT2D eigenvalue weighted by atomic mass is 10.0. The predicted octanol–water partition coefficient (Wildman–Crippen LogP) is 3.47. The lowest BCUT2D eigenvalue weighted by molar-refractivity contribution is -0.138. The molecule has 12 heteroatoms. The van der Waals surface area contributed by atoms with Crippen molar-refractivity contribution in [3.05, 3.63) is 59.8 Å². The van der Waals surface area contributed by atoms with Crippen LogP contribution in [-0.4, -0.2) is 47.4 Å². The Hall–Kier alpha value is -4.09. The Balaban J connectivity index is 2.17. The molecule has 0 saturated carbocycles. The number of primary amides is 1. The van der Waals surface area contributed by atoms with Gasteiger partial charge >= 0.3 is 12.1 Å². The first-order valence-corrected chi connectivity index (χ1v) is 12.1. The van der Waals surface area contributed by atoms with Crippen LogP contribution in [0.3, 0.4) is 0 Å². The lowest BCUT2D eigenvalue weighted by Gasteiger charge is -2.21. The molecule has 0 bridgehead atoms. The molecule has 1 aromatic carbocycles. The predicted molar refractivity (Wildman–Crippen MR) is 134 cm³/mol. The second kappa shape index (κ2) is 14.0. The van der Waals surface area contributed by atoms with Gasteiger partial charge in [0.2, 0.25) is 11.8 Å². The second-order valence-corrected chi connectivity index (χ2v) is 8.37. The third-order valence-electron chi connectivity index (χ3n) is 5.43. The summed E-state index contributed by atoms with van der Waals surface area (Å²) in [7, 11) is 0. The van der Waals surface area contributed by atoms with Crippen molar-refractivity contribution < 1.29 is 37.1 Å². The summed E-state index contributed by atoms with van der Waals surface area (Å²) in [5.41, 5.74) is 4.29. The molecule has 1 heterocycles. The van der Waals surface area contributed by atoms with Crippen molar-refractivity contribution in [1.82, 2.24) is 15.6 Å². The molecule has 206 valence electrons. The van der Waals surface area contributed by atoms with E-state index in [0.29, 0.717) is 6.42 Å². The molecule has 2 rings (SSSR count). The van der Waals surface area contributed by atoms with Crippen LogP contribution in [0.15, 0.2) is 48.6 Å². The Bertz CT molecular complexity index is 1160. The highest BCUT2D eigenvalue weighted by Gasteiger charge is 2.33. The van der Waals surface area contributed by atoms with Crippen LogP contribution in [0.5, 0.6) is 0 Å². The molecular formula is C26H31F3N4O5. The number of halogens is 3. The van der Waals surface area contributed by atoms with Crippen LogP contribution >= 0.6 is 0 Å². The molecule has 1 aromatic heterocycles. The Morgan fingerprint density at radius 1 is 1.05 bits per heavy atom. The number of aromatic amines is 1. The summed E-state index contributed by atoms with van der Waals surface area (Å²) in [6.07, 6.45) is -1.25. The first-order chi connectivity index (χ1) is 18.0. The van der Waals surface area contributed by atoms with Crippen LogP contribution < -0.4 is 16.4 Å². The van der Waals surface area contributed by atoms with Gasteiger partial charge in [0.05, 0.1) is 12.2 Å². The maximum atomic E-state index is 13.4. The number of rotatable bonds is 13. The summed E-state index contributed by atoms with van der Waals surface area (Å²) in [6, 6.07) is 5.92. The van der Waals surface area contributed by atoms with E-state index in [1.54, 1.807) is 13.8 Å². The highest BCUT2D eigenvalue weighted by molar-refractivity contribution is 5.97. The minimum Gasteiger partial charge on any atom is -0.463 e. The minimum atomic E-state index is -4.58. The van der Waals surface area contributed by atoms with E-state index in [0.717, 1.165) is 12.1 Å². The van der Waals surface area contributed by atoms with Gasteiger partial charge in [0.15, 0.2) is 0 Å². The topological polar surface area (TPSA) is 143 Å². The van der Waals surface area contributed by atoms with E-state index < -0.39 is 47.5 Å². The van der Waals surface area contributed by atoms with E-state index in [1.807, 2.05) is 0 Å². The van der Waals surface area contributed by atoms with Crippen LogP contribution in [0.2, 0.25) is 0 Å². The average molecular weight is 537 g/mol. The van der Waals surface area contributed by atoms with Crippen LogP contribution in [0.4, 0.5) is 13.2 Å². The van der Waals surface area contributed by atoms with Gasteiger partial charge in [0.25, 0.3) is 5.91 Å². The van der Waals surface area contributed by atoms with Crippen LogP contribution in [-0.2, 0) is 25.3 Å². The number of aromatic nitrogens is 1. The van der Waals surface area contributed by atoms with Crippen LogP contribution in [0, 0.1) is 0 Å². The van der Waals surface area contributed by atoms with Gasteiger partial charge in [-0.25, -0.2) is 4.79 Å². The molecule has 0 spiro atoms. The summed E-state index contributed by atoms with van der Waals surface area (Å²) >= 11 is 0. The van der Waals surface area contributed by atoms with Gasteiger partial charge in [-0.2, -0.15) is 13.2 Å². The molecule has 3 amide bonds. The maximum absolute atomic E-state index is 13.4. The fraction of sp³-hybridized carbons (Fsp3) is 0.385. The third-order valence-corrected chi connectivity index (χ3v) is 5.43. The molecule has 0 saturated heterocycles. The monoisotopic (exact) mass is 536 g/mol. The number of alkyl halides is 3. The summed E-state index contributed by atoms with van der Waals surface area (Å²) in [5.74, 6) is -2.48. The quantitative estimate of drug-likeness (QED) is 0.229. The molecule has 2 atom stereocenters. The number of hydrogen-bond donors (Lipinski definition) is 4. The van der Waals surface area contributed by atoms with Crippen molar-refractivity contribution in [3.8, 4) is 11.3 Å². The van der Waals surface area contributed by atoms with Gasteiger partial charge in [0, 0.05) is 29.8 Å². The molecule has 0 aliphatic carbocycles. The van der Waals surface area contributed by atoms with Gasteiger partial charge in [-0.15, -0.1) is 0 Å². The number of H-pyrrole nitrogens is 1. The Labute approximate surface area is 218 Å². The Morgan fingerprint density at radius 2 is 1.76 bits per heavy atom. The van der Waals surface area contributed by atoms with Crippen molar-refractivity contribution in [1.29, 1.82) is 0 Å². The number of nitrogens with one attached hydrogen (secondary N) is 3. The second-order valence-electron chi connectivity index (χ2n) is 8.37. The zero-order valence-electron chi connectivity index (χ0n) is 21.1. The van der Waals surface area contributed by atoms with Crippen molar-refractivity contribution in [2.75, 3.05) is 6.61 Å². The highest BCUT2D eigenvalue weighted by atomic mass is 19.4. The molecule has 0 unspecified atom stereocenters. The normalized spacial score (nSPS) is 13.1. The largest absolute Gasteiger partial charge is 0.463 e. The smallest absolute Gasteiger partial charge is 0.417 e. The molecule has 0 radical (unpaired) electrons. The summed E-state index contributed by atoms with van der Waals surface area (Å²) in [5, 5.41) is 5.26. The number of hydrogen-bond acceptors (Lipinski definition) is 5. The fourth-order valence-electron chi connectivity index (χ4n) is 3.63. The zero-order valence-corrected chi connectivity index (χ0v) is 21.1. The van der Waals surface area contributed by atoms with E-state index >= 15 is 0 Å². The molecule has 9 nitrogen and oxygen atoms in total. The van der Waals surface area contributed by atoms with Crippen LogP contribution in [0.25, 0.3) is 11.3 Å². The minimum absolute atomic E-state index is 0.0293. The number of carbonyl (C=O) groups is 4. The van der Waals surface area contributed by atoms with E-state index in [1.165, 1.54) is 36.4 Å². The van der Waals surface area contributed by atoms with Gasteiger partial charge < -0.3 is 26.1 Å². The van der Waals surface area contributed by atoms with Crippen molar-refractivity contribution in [2.45, 2.75) is 57.8 Å². The lowest BCUT2D eigenvalue weighted by Crippen LogP contribution is -2.49. The fourth-order valence-corrected chi connectivity index (χ4v) is 3.63. The first kappa shape index (κ1) is 30.1. The van der Waals surface area contributed by atoms with E-state index in [2.05, 4.69) is 15.6 Å². The standard InChI is InChI=1S/C26H31F3N4O5/c1-3-7-20(24(36)31-16(10-14-22(30)34)11-15-23(35)38-4-2)33-25(37)21-13-12-19(32-21)17-8-5-6-9-18(17)26(27,28)29/h5-6,8-9,11-13,15-16,20,32H,3-4,7,10,14H2,1-2H3,(H2,30,34)(H,31,36)(H,33,37)/t16-,20-/m0/s1. The number of nitrogens with two attached hydrogens (primary N) is 1. The number of esters is 1. The van der Waals surface area contributed by atoms with Crippen molar-refractivity contribution in [3.63, 3.8) is 0 Å². The molecule has 0 fully saturated rings. The number of carbonyl (C=O) groups excluding carboxylic acids is 4. The Morgan fingerprint density at radius 3 is 2.39 bits per heavy atom. The van der Waals surface area contributed by atoms with Crippen LogP contribution in [0.1, 0.15) is 55.6 Å². The van der Waals surface area contributed by atoms with Crippen molar-refractivity contribution >= 4 is 23.7 Å².